The van der Waals surface area contributed by atoms with Gasteiger partial charge in [0.1, 0.15) is 23.0 Å². The van der Waals surface area contributed by atoms with Gasteiger partial charge in [-0.15, -0.1) is 0 Å². The maximum Gasteiger partial charge on any atom is 0.417 e. The molecule has 0 bridgehead atoms. The van der Waals surface area contributed by atoms with Crippen LogP contribution in [-0.2, 0) is 6.18 Å². The highest BCUT2D eigenvalue weighted by molar-refractivity contribution is 6.31. The van der Waals surface area contributed by atoms with Crippen LogP contribution < -0.4 is 20.7 Å². The van der Waals surface area contributed by atoms with Crippen molar-refractivity contribution in [2.45, 2.75) is 6.18 Å². The van der Waals surface area contributed by atoms with Crippen LogP contribution in [0.3, 0.4) is 0 Å². The molecule has 0 fully saturated rings. The number of urea groups is 1. The highest BCUT2D eigenvalue weighted by atomic mass is 35.5. The third-order valence-corrected chi connectivity index (χ3v) is 5.21. The number of ether oxygens (including phenoxy) is 1. The Bertz CT molecular complexity index is 1460. The van der Waals surface area contributed by atoms with Crippen LogP contribution in [-0.4, -0.2) is 29.0 Å². The molecule has 4 aromatic rings. The molecule has 0 spiro atoms. The molecule has 12 heteroatoms. The molecule has 0 radical (unpaired) electrons. The third kappa shape index (κ3) is 5.63. The van der Waals surface area contributed by atoms with E-state index in [2.05, 4.69) is 25.9 Å². The molecule has 0 unspecified atom stereocenters. The van der Waals surface area contributed by atoms with Gasteiger partial charge in [-0.2, -0.15) is 13.2 Å². The first-order chi connectivity index (χ1) is 17.1. The van der Waals surface area contributed by atoms with Gasteiger partial charge >= 0.3 is 12.2 Å². The lowest BCUT2D eigenvalue weighted by Gasteiger charge is -2.13. The van der Waals surface area contributed by atoms with E-state index in [0.29, 0.717) is 22.4 Å². The third-order valence-electron chi connectivity index (χ3n) is 4.88. The van der Waals surface area contributed by atoms with Crippen LogP contribution in [0.4, 0.5) is 29.5 Å². The van der Waals surface area contributed by atoms with Gasteiger partial charge in [-0.05, 0) is 48.5 Å². The number of aromatic nitrogens is 2. The van der Waals surface area contributed by atoms with Gasteiger partial charge in [0.25, 0.3) is 5.91 Å². The van der Waals surface area contributed by atoms with Crippen molar-refractivity contribution in [2.24, 2.45) is 0 Å². The molecule has 0 aliphatic rings. The zero-order chi connectivity index (χ0) is 25.9. The van der Waals surface area contributed by atoms with Gasteiger partial charge in [0.15, 0.2) is 0 Å². The van der Waals surface area contributed by atoms with E-state index in [4.69, 9.17) is 16.3 Å². The predicted molar refractivity (Wildman–Crippen MR) is 129 cm³/mol. The lowest BCUT2D eigenvalue weighted by atomic mass is 10.2. The number of anilines is 2. The molecule has 0 atom stereocenters. The molecule has 3 amide bonds. The zero-order valence-corrected chi connectivity index (χ0v) is 19.2. The smallest absolute Gasteiger partial charge is 0.417 e. The molecular weight excluding hydrogens is 499 g/mol. The standard InChI is InChI=1S/C24H17ClF3N5O3/c1-29-22(34)19-12-14(9-10-30-19)36-20-4-2-3-18-15(20)6-8-21(32-18)33-23(35)31-13-5-7-17(25)16(11-13)24(26,27)28/h2-12H,1H3,(H,29,34)(H2,31,32,33,35). The van der Waals surface area contributed by atoms with Gasteiger partial charge in [-0.3, -0.25) is 15.1 Å². The number of nitrogens with one attached hydrogen (secondary N) is 3. The minimum atomic E-state index is -4.66. The van der Waals surface area contributed by atoms with Crippen molar-refractivity contribution in [1.82, 2.24) is 15.3 Å². The Labute approximate surface area is 207 Å². The Morgan fingerprint density at radius 2 is 1.81 bits per heavy atom. The predicted octanol–water partition coefficient (Wildman–Crippen LogP) is 6.10. The van der Waals surface area contributed by atoms with Crippen molar-refractivity contribution in [1.29, 1.82) is 0 Å². The molecule has 0 saturated carbocycles. The molecule has 0 aliphatic carbocycles. The molecule has 184 valence electrons. The fraction of sp³-hybridized carbons (Fsp3) is 0.0833. The van der Waals surface area contributed by atoms with Crippen LogP contribution >= 0.6 is 11.6 Å². The Balaban J connectivity index is 1.51. The summed E-state index contributed by atoms with van der Waals surface area (Å²) in [6.45, 7) is 0. The number of halogens is 4. The number of benzene rings is 2. The van der Waals surface area contributed by atoms with Gasteiger partial charge in [-0.1, -0.05) is 17.7 Å². The van der Waals surface area contributed by atoms with E-state index in [-0.39, 0.29) is 23.1 Å². The second-order valence-corrected chi connectivity index (χ2v) is 7.76. The molecule has 2 heterocycles. The number of hydrogen-bond acceptors (Lipinski definition) is 5. The van der Waals surface area contributed by atoms with Crippen molar-refractivity contribution in [3.63, 3.8) is 0 Å². The molecule has 0 aliphatic heterocycles. The summed E-state index contributed by atoms with van der Waals surface area (Å²) < 4.78 is 45.1. The Hall–Kier alpha value is -4.38. The number of carbonyl (C=O) groups is 2. The van der Waals surface area contributed by atoms with Gasteiger partial charge in [0.2, 0.25) is 0 Å². The summed E-state index contributed by atoms with van der Waals surface area (Å²) in [5.74, 6) is 0.639. The highest BCUT2D eigenvalue weighted by Gasteiger charge is 2.33. The minimum absolute atomic E-state index is 0.0887. The first kappa shape index (κ1) is 24.7. The quantitative estimate of drug-likeness (QED) is 0.298. The molecule has 2 aromatic heterocycles. The number of rotatable bonds is 5. The second kappa shape index (κ2) is 10.1. The number of pyridine rings is 2. The van der Waals surface area contributed by atoms with Crippen LogP contribution in [0.25, 0.3) is 10.9 Å². The van der Waals surface area contributed by atoms with E-state index >= 15 is 0 Å². The van der Waals surface area contributed by atoms with Crippen LogP contribution in [0.2, 0.25) is 5.02 Å². The number of fused-ring (bicyclic) bond motifs is 1. The molecule has 8 nitrogen and oxygen atoms in total. The molecule has 4 rings (SSSR count). The van der Waals surface area contributed by atoms with E-state index in [1.54, 1.807) is 30.3 Å². The number of hydrogen-bond donors (Lipinski definition) is 3. The van der Waals surface area contributed by atoms with Gasteiger partial charge in [0, 0.05) is 30.4 Å². The number of nitrogens with zero attached hydrogens (tertiary/aromatic N) is 2. The lowest BCUT2D eigenvalue weighted by molar-refractivity contribution is -0.137. The Morgan fingerprint density at radius 3 is 2.56 bits per heavy atom. The fourth-order valence-electron chi connectivity index (χ4n) is 3.24. The van der Waals surface area contributed by atoms with Crippen molar-refractivity contribution < 1.29 is 27.5 Å². The van der Waals surface area contributed by atoms with E-state index in [1.807, 2.05) is 0 Å². The van der Waals surface area contributed by atoms with Crippen LogP contribution in [0.1, 0.15) is 16.1 Å². The Kier molecular flexibility index (Phi) is 6.93. The number of amides is 3. The minimum Gasteiger partial charge on any atom is -0.457 e. The van der Waals surface area contributed by atoms with Crippen LogP contribution in [0, 0.1) is 0 Å². The highest BCUT2D eigenvalue weighted by Crippen LogP contribution is 2.36. The second-order valence-electron chi connectivity index (χ2n) is 7.35. The van der Waals surface area contributed by atoms with Crippen molar-refractivity contribution in [2.75, 3.05) is 17.7 Å². The topological polar surface area (TPSA) is 105 Å². The van der Waals surface area contributed by atoms with Gasteiger partial charge < -0.3 is 15.4 Å². The largest absolute Gasteiger partial charge is 0.457 e. The first-order valence-electron chi connectivity index (χ1n) is 10.3. The average molecular weight is 516 g/mol. The van der Waals surface area contributed by atoms with Crippen molar-refractivity contribution >= 4 is 45.9 Å². The fourth-order valence-corrected chi connectivity index (χ4v) is 3.46. The normalized spacial score (nSPS) is 11.1. The van der Waals surface area contributed by atoms with Crippen LogP contribution in [0.5, 0.6) is 11.5 Å². The zero-order valence-electron chi connectivity index (χ0n) is 18.5. The maximum atomic E-state index is 13.0. The molecular formula is C24H17ClF3N5O3. The summed E-state index contributed by atoms with van der Waals surface area (Å²) in [7, 11) is 1.50. The van der Waals surface area contributed by atoms with Crippen molar-refractivity contribution in [3.8, 4) is 11.5 Å². The Morgan fingerprint density at radius 1 is 1.00 bits per heavy atom. The van der Waals surface area contributed by atoms with Gasteiger partial charge in [-0.25, -0.2) is 9.78 Å². The molecule has 0 saturated heterocycles. The molecule has 2 aromatic carbocycles. The lowest BCUT2D eigenvalue weighted by Crippen LogP contribution is -2.20. The molecule has 3 N–H and O–H groups in total. The first-order valence-corrected chi connectivity index (χ1v) is 10.7. The van der Waals surface area contributed by atoms with E-state index < -0.39 is 22.8 Å². The summed E-state index contributed by atoms with van der Waals surface area (Å²) >= 11 is 5.61. The van der Waals surface area contributed by atoms with Crippen molar-refractivity contribution in [3.05, 3.63) is 83.1 Å². The number of carbonyl (C=O) groups excluding carboxylic acids is 2. The summed E-state index contributed by atoms with van der Waals surface area (Å²) in [5, 5.41) is 7.45. The SMILES string of the molecule is CNC(=O)c1cc(Oc2cccc3nc(NC(=O)Nc4ccc(Cl)c(C(F)(F)F)c4)ccc23)ccn1. The monoisotopic (exact) mass is 515 g/mol. The summed E-state index contributed by atoms with van der Waals surface area (Å²) in [5.41, 5.74) is -0.477. The van der Waals surface area contributed by atoms with E-state index in [1.165, 1.54) is 31.4 Å². The summed E-state index contributed by atoms with van der Waals surface area (Å²) in [4.78, 5) is 32.5. The summed E-state index contributed by atoms with van der Waals surface area (Å²) in [6.07, 6.45) is -3.21. The molecule has 36 heavy (non-hydrogen) atoms. The number of alkyl halides is 3. The van der Waals surface area contributed by atoms with E-state index in [9.17, 15) is 22.8 Å². The van der Waals surface area contributed by atoms with Crippen LogP contribution in [0.15, 0.2) is 66.9 Å². The summed E-state index contributed by atoms with van der Waals surface area (Å²) in [6, 6.07) is 13.6. The van der Waals surface area contributed by atoms with Gasteiger partial charge in [0.05, 0.1) is 16.1 Å². The average Bonchev–Trinajstić information content (AvgIpc) is 2.84. The van der Waals surface area contributed by atoms with E-state index in [0.717, 1.165) is 12.1 Å². The maximum absolute atomic E-state index is 13.0.